The second kappa shape index (κ2) is 3.47. The summed E-state index contributed by atoms with van der Waals surface area (Å²) in [4.78, 5) is 0. The van der Waals surface area contributed by atoms with Gasteiger partial charge in [-0.15, -0.1) is 0 Å². The molecule has 7 heavy (non-hydrogen) atoms. The molecule has 0 saturated carbocycles. The van der Waals surface area contributed by atoms with Gasteiger partial charge in [0.15, 0.2) is 0 Å². The van der Waals surface area contributed by atoms with Gasteiger partial charge in [0.25, 0.3) is 10.1 Å². The van der Waals surface area contributed by atoms with Crippen LogP contribution >= 0.6 is 0 Å². The normalized spacial score (nSPS) is 10.0. The Balaban J connectivity index is 0. The Labute approximate surface area is 54.0 Å². The predicted octanol–water partition coefficient (Wildman–Crippen LogP) is -1.86. The molecular formula is CH6LiNO3S. The Bertz CT molecular complexity index is 117. The van der Waals surface area contributed by atoms with Crippen molar-refractivity contribution in [1.82, 2.24) is 0 Å². The minimum atomic E-state index is -3.88. The van der Waals surface area contributed by atoms with Crippen molar-refractivity contribution >= 4 is 29.0 Å². The van der Waals surface area contributed by atoms with Crippen LogP contribution in [0, 0.1) is 0 Å². The maximum atomic E-state index is 9.43. The minimum absolute atomic E-state index is 0. The molecule has 0 aromatic rings. The van der Waals surface area contributed by atoms with Crippen LogP contribution < -0.4 is 5.73 Å². The first-order valence-electron chi connectivity index (χ1n) is 1.21. The van der Waals surface area contributed by atoms with Gasteiger partial charge in [-0.25, -0.2) is 0 Å². The molecule has 0 amide bonds. The first-order valence-corrected chi connectivity index (χ1v) is 2.82. The summed E-state index contributed by atoms with van der Waals surface area (Å²) in [5.74, 6) is -0.701. The zero-order valence-electron chi connectivity index (χ0n) is 2.96. The molecule has 0 unspecified atom stereocenters. The summed E-state index contributed by atoms with van der Waals surface area (Å²) in [6.45, 7) is 0. The maximum absolute atomic E-state index is 9.43. The Hall–Kier alpha value is 0.467. The van der Waals surface area contributed by atoms with Crippen molar-refractivity contribution in [2.75, 3.05) is 5.88 Å². The van der Waals surface area contributed by atoms with Gasteiger partial charge in [0.2, 0.25) is 0 Å². The van der Waals surface area contributed by atoms with E-state index in [9.17, 15) is 8.42 Å². The zero-order valence-corrected chi connectivity index (χ0v) is 3.77. The van der Waals surface area contributed by atoms with E-state index in [1.54, 1.807) is 0 Å². The molecule has 0 aliphatic rings. The van der Waals surface area contributed by atoms with Crippen molar-refractivity contribution in [3.8, 4) is 0 Å². The molecule has 0 radical (unpaired) electrons. The first kappa shape index (κ1) is 10.4. The predicted molar refractivity (Wildman–Crippen MR) is 27.8 cm³/mol. The van der Waals surface area contributed by atoms with Crippen molar-refractivity contribution in [3.05, 3.63) is 0 Å². The third-order valence-corrected chi connectivity index (χ3v) is 0.632. The summed E-state index contributed by atoms with van der Waals surface area (Å²) in [6.07, 6.45) is 0. The van der Waals surface area contributed by atoms with Gasteiger partial charge in [0.1, 0.15) is 5.88 Å². The monoisotopic (exact) mass is 119 g/mol. The molecule has 0 heterocycles. The number of hydrogen-bond acceptors (Lipinski definition) is 3. The van der Waals surface area contributed by atoms with E-state index in [1.807, 2.05) is 0 Å². The number of nitrogens with two attached hydrogens (primary N) is 1. The molecule has 0 saturated heterocycles. The topological polar surface area (TPSA) is 80.4 Å². The average Bonchev–Trinajstić information content (AvgIpc) is 1.35. The van der Waals surface area contributed by atoms with Gasteiger partial charge in [-0.1, -0.05) is 0 Å². The fourth-order valence-corrected chi connectivity index (χ4v) is 0. The molecule has 3 N–H and O–H groups in total. The molecule has 40 valence electrons. The summed E-state index contributed by atoms with van der Waals surface area (Å²) in [6, 6.07) is 0. The van der Waals surface area contributed by atoms with E-state index in [4.69, 9.17) is 4.55 Å². The third-order valence-electron chi connectivity index (χ3n) is 0.211. The molecule has 0 aliphatic carbocycles. The van der Waals surface area contributed by atoms with Gasteiger partial charge in [-0.3, -0.25) is 4.55 Å². The Morgan fingerprint density at radius 1 is 1.57 bits per heavy atom. The summed E-state index contributed by atoms with van der Waals surface area (Å²) in [5.41, 5.74) is 4.47. The quantitative estimate of drug-likeness (QED) is 0.313. The molecule has 0 aromatic heterocycles. The van der Waals surface area contributed by atoms with Gasteiger partial charge >= 0.3 is 18.9 Å². The molecule has 0 atom stereocenters. The van der Waals surface area contributed by atoms with E-state index in [1.165, 1.54) is 0 Å². The van der Waals surface area contributed by atoms with Gasteiger partial charge < -0.3 is 5.73 Å². The van der Waals surface area contributed by atoms with E-state index in [0.29, 0.717) is 0 Å². The number of hydrogen-bond donors (Lipinski definition) is 2. The Morgan fingerprint density at radius 2 is 1.71 bits per heavy atom. The van der Waals surface area contributed by atoms with Crippen LogP contribution in [0.25, 0.3) is 0 Å². The number of rotatable bonds is 1. The van der Waals surface area contributed by atoms with Crippen LogP contribution in [-0.4, -0.2) is 37.7 Å². The van der Waals surface area contributed by atoms with Crippen LogP contribution in [0.5, 0.6) is 0 Å². The molecule has 0 aromatic carbocycles. The van der Waals surface area contributed by atoms with Crippen molar-refractivity contribution in [2.45, 2.75) is 0 Å². The van der Waals surface area contributed by atoms with Crippen molar-refractivity contribution in [1.29, 1.82) is 0 Å². The Morgan fingerprint density at radius 3 is 1.71 bits per heavy atom. The first-order chi connectivity index (χ1) is 2.56. The van der Waals surface area contributed by atoms with Crippen molar-refractivity contribution in [2.24, 2.45) is 5.73 Å². The summed E-state index contributed by atoms with van der Waals surface area (Å²) in [7, 11) is -3.88. The van der Waals surface area contributed by atoms with Crippen LogP contribution in [0.4, 0.5) is 0 Å². The van der Waals surface area contributed by atoms with E-state index in [-0.39, 0.29) is 18.9 Å². The van der Waals surface area contributed by atoms with Crippen molar-refractivity contribution in [3.63, 3.8) is 0 Å². The second-order valence-electron chi connectivity index (χ2n) is 0.749. The van der Waals surface area contributed by atoms with Gasteiger partial charge in [-0.2, -0.15) is 8.42 Å². The molecule has 0 fully saturated rings. The fourth-order valence-electron chi connectivity index (χ4n) is 0. The van der Waals surface area contributed by atoms with Crippen LogP contribution in [0.2, 0.25) is 0 Å². The van der Waals surface area contributed by atoms with Crippen LogP contribution in [0.3, 0.4) is 0 Å². The van der Waals surface area contributed by atoms with Crippen LogP contribution in [-0.2, 0) is 10.1 Å². The Kier molecular flexibility index (Phi) is 5.18. The van der Waals surface area contributed by atoms with E-state index < -0.39 is 16.0 Å². The van der Waals surface area contributed by atoms with Gasteiger partial charge in [0, 0.05) is 0 Å². The molecule has 0 rings (SSSR count). The van der Waals surface area contributed by atoms with Crippen LogP contribution in [0.15, 0.2) is 0 Å². The fraction of sp³-hybridized carbons (Fsp3) is 1.00. The summed E-state index contributed by atoms with van der Waals surface area (Å²) < 4.78 is 26.5. The molecular weight excluding hydrogens is 113 g/mol. The molecule has 0 bridgehead atoms. The summed E-state index contributed by atoms with van der Waals surface area (Å²) in [5, 5.41) is 0. The molecule has 6 heteroatoms. The van der Waals surface area contributed by atoms with E-state index >= 15 is 0 Å². The van der Waals surface area contributed by atoms with E-state index in [2.05, 4.69) is 5.73 Å². The standard InChI is InChI=1S/CH5NO3S.Li.H/c2-1-6(3,4)5;;/h1-2H2,(H,3,4,5);;. The molecule has 0 aliphatic heterocycles. The third kappa shape index (κ3) is 10.7. The van der Waals surface area contributed by atoms with Crippen LogP contribution in [0.1, 0.15) is 0 Å². The molecule has 0 spiro atoms. The van der Waals surface area contributed by atoms with Gasteiger partial charge in [-0.05, 0) is 0 Å². The SMILES string of the molecule is NCS(=O)(=O)O.[LiH]. The summed E-state index contributed by atoms with van der Waals surface area (Å²) >= 11 is 0. The second-order valence-corrected chi connectivity index (χ2v) is 2.25. The van der Waals surface area contributed by atoms with E-state index in [0.717, 1.165) is 0 Å². The average molecular weight is 119 g/mol. The van der Waals surface area contributed by atoms with Gasteiger partial charge in [0.05, 0.1) is 0 Å². The molecule has 4 nitrogen and oxygen atoms in total. The van der Waals surface area contributed by atoms with Crippen molar-refractivity contribution < 1.29 is 13.0 Å². The zero-order chi connectivity index (χ0) is 5.21.